The number of aromatic nitrogens is 2. The Morgan fingerprint density at radius 3 is 2.68 bits per heavy atom. The van der Waals surface area contributed by atoms with Crippen molar-refractivity contribution in [3.05, 3.63) is 42.4 Å². The number of carboxylic acids is 1. The van der Waals surface area contributed by atoms with Crippen LogP contribution in [0, 0.1) is 0 Å². The van der Waals surface area contributed by atoms with E-state index in [2.05, 4.69) is 14.7 Å². The molecule has 9 heteroatoms. The largest absolute Gasteiger partial charge is 0.481 e. The third-order valence-electron chi connectivity index (χ3n) is 2.77. The van der Waals surface area contributed by atoms with E-state index in [0.717, 1.165) is 6.20 Å². The Bertz CT molecular complexity index is 784. The molecule has 0 amide bonds. The Labute approximate surface area is 126 Å². The molecular weight excluding hydrogens is 310 g/mol. The van der Waals surface area contributed by atoms with Crippen molar-refractivity contribution in [2.45, 2.75) is 17.9 Å². The molecule has 0 aliphatic rings. The monoisotopic (exact) mass is 323 g/mol. The van der Waals surface area contributed by atoms with Gasteiger partial charge in [0.05, 0.1) is 18.9 Å². The van der Waals surface area contributed by atoms with Crippen molar-refractivity contribution in [1.29, 1.82) is 0 Å². The van der Waals surface area contributed by atoms with Gasteiger partial charge in [-0.05, 0) is 12.1 Å². The van der Waals surface area contributed by atoms with Crippen LogP contribution in [0.2, 0.25) is 0 Å². The molecule has 0 saturated carbocycles. The number of sulfonamides is 1. The lowest BCUT2D eigenvalue weighted by atomic mass is 10.1. The molecule has 0 spiro atoms. The van der Waals surface area contributed by atoms with E-state index in [4.69, 9.17) is 5.11 Å². The van der Waals surface area contributed by atoms with Crippen molar-refractivity contribution in [2.24, 2.45) is 0 Å². The van der Waals surface area contributed by atoms with Crippen LogP contribution in [0.1, 0.15) is 23.2 Å². The Balaban J connectivity index is 2.15. The summed E-state index contributed by atoms with van der Waals surface area (Å²) in [5.41, 5.74) is 0.446. The van der Waals surface area contributed by atoms with E-state index in [-0.39, 0.29) is 34.9 Å². The highest BCUT2D eigenvalue weighted by atomic mass is 32.2. The molecule has 8 nitrogen and oxygen atoms in total. The van der Waals surface area contributed by atoms with Crippen LogP contribution in [0.25, 0.3) is 0 Å². The van der Waals surface area contributed by atoms with Crippen LogP contribution in [-0.4, -0.2) is 35.2 Å². The van der Waals surface area contributed by atoms with Crippen LogP contribution < -0.4 is 4.72 Å². The number of aliphatic carboxylic acids is 1. The number of nitrogens with one attached hydrogen (secondary N) is 2. The fourth-order valence-electron chi connectivity index (χ4n) is 1.72. The van der Waals surface area contributed by atoms with E-state index in [1.807, 2.05) is 0 Å². The van der Waals surface area contributed by atoms with Gasteiger partial charge in [-0.25, -0.2) is 4.98 Å². The standard InChI is InChI=1S/C13H13N3O5S/c17-11(4-5-13(18)19)9-2-1-3-10(6-9)16-22(20,21)12-7-14-8-15-12/h1-3,6-8,16H,4-5H2,(H,14,15)(H,18,19). The Hall–Kier alpha value is -2.68. The average Bonchev–Trinajstić information content (AvgIpc) is 2.99. The van der Waals surface area contributed by atoms with E-state index in [9.17, 15) is 18.0 Å². The molecule has 3 N–H and O–H groups in total. The lowest BCUT2D eigenvalue weighted by Crippen LogP contribution is -2.13. The molecule has 0 aliphatic heterocycles. The maximum Gasteiger partial charge on any atom is 0.303 e. The predicted molar refractivity (Wildman–Crippen MR) is 77.0 cm³/mol. The third-order valence-corrected chi connectivity index (χ3v) is 4.07. The van der Waals surface area contributed by atoms with Crippen LogP contribution in [0.3, 0.4) is 0 Å². The summed E-state index contributed by atoms with van der Waals surface area (Å²) < 4.78 is 26.3. The van der Waals surface area contributed by atoms with E-state index in [1.165, 1.54) is 30.6 Å². The van der Waals surface area contributed by atoms with Crippen LogP contribution in [-0.2, 0) is 14.8 Å². The minimum Gasteiger partial charge on any atom is -0.481 e. The second kappa shape index (κ2) is 6.39. The fourth-order valence-corrected chi connectivity index (χ4v) is 2.68. The highest BCUT2D eigenvalue weighted by Crippen LogP contribution is 2.17. The number of anilines is 1. The van der Waals surface area contributed by atoms with Crippen LogP contribution in [0.5, 0.6) is 0 Å². The summed E-state index contributed by atoms with van der Waals surface area (Å²) in [7, 11) is -3.81. The smallest absolute Gasteiger partial charge is 0.303 e. The quantitative estimate of drug-likeness (QED) is 0.658. The number of nitrogens with zero attached hydrogens (tertiary/aromatic N) is 1. The van der Waals surface area contributed by atoms with Crippen molar-refractivity contribution < 1.29 is 23.1 Å². The van der Waals surface area contributed by atoms with E-state index in [1.54, 1.807) is 0 Å². The highest BCUT2D eigenvalue weighted by Gasteiger charge is 2.16. The number of aromatic amines is 1. The van der Waals surface area contributed by atoms with Gasteiger partial charge >= 0.3 is 5.97 Å². The maximum absolute atomic E-state index is 12.0. The number of Topliss-reactive ketones (excluding diaryl/α,β-unsaturated/α-hetero) is 1. The molecule has 1 aromatic heterocycles. The van der Waals surface area contributed by atoms with Crippen LogP contribution in [0.15, 0.2) is 41.8 Å². The zero-order valence-electron chi connectivity index (χ0n) is 11.3. The summed E-state index contributed by atoms with van der Waals surface area (Å²) in [5.74, 6) is -1.44. The zero-order valence-corrected chi connectivity index (χ0v) is 12.1. The number of carboxylic acid groups (broad SMARTS) is 1. The number of benzene rings is 1. The number of carbonyl (C=O) groups is 2. The molecule has 0 fully saturated rings. The Kier molecular flexibility index (Phi) is 4.56. The number of H-pyrrole nitrogens is 1. The molecule has 2 rings (SSSR count). The Morgan fingerprint density at radius 1 is 1.27 bits per heavy atom. The molecule has 1 heterocycles. The number of rotatable bonds is 7. The van der Waals surface area contributed by atoms with Gasteiger partial charge in [-0.15, -0.1) is 0 Å². The van der Waals surface area contributed by atoms with Gasteiger partial charge in [0.15, 0.2) is 10.8 Å². The zero-order chi connectivity index (χ0) is 16.2. The van der Waals surface area contributed by atoms with E-state index in [0.29, 0.717) is 0 Å². The first-order chi connectivity index (χ1) is 10.4. The first-order valence-electron chi connectivity index (χ1n) is 6.25. The molecule has 116 valence electrons. The molecule has 0 aliphatic carbocycles. The molecule has 0 radical (unpaired) electrons. The number of hydrogen-bond donors (Lipinski definition) is 3. The van der Waals surface area contributed by atoms with Crippen molar-refractivity contribution in [3.63, 3.8) is 0 Å². The second-order valence-corrected chi connectivity index (χ2v) is 6.07. The molecular formula is C13H13N3O5S. The van der Waals surface area contributed by atoms with E-state index < -0.39 is 16.0 Å². The average molecular weight is 323 g/mol. The topological polar surface area (TPSA) is 129 Å². The summed E-state index contributed by atoms with van der Waals surface area (Å²) in [6, 6.07) is 5.86. The summed E-state index contributed by atoms with van der Waals surface area (Å²) in [4.78, 5) is 28.4. The summed E-state index contributed by atoms with van der Waals surface area (Å²) in [6.45, 7) is 0. The molecule has 22 heavy (non-hydrogen) atoms. The summed E-state index contributed by atoms with van der Waals surface area (Å²) in [5, 5.41) is 8.47. The van der Waals surface area contributed by atoms with Gasteiger partial charge in [-0.2, -0.15) is 8.42 Å². The molecule has 1 aromatic carbocycles. The lowest BCUT2D eigenvalue weighted by Gasteiger charge is -2.07. The predicted octanol–water partition coefficient (Wildman–Crippen LogP) is 1.26. The number of imidazole rings is 1. The third kappa shape index (κ3) is 3.92. The first kappa shape index (κ1) is 15.7. The van der Waals surface area contributed by atoms with Gasteiger partial charge in [0, 0.05) is 17.7 Å². The van der Waals surface area contributed by atoms with Crippen molar-refractivity contribution in [2.75, 3.05) is 4.72 Å². The molecule has 0 unspecified atom stereocenters. The van der Waals surface area contributed by atoms with Gasteiger partial charge in [-0.3, -0.25) is 14.3 Å². The Morgan fingerprint density at radius 2 is 2.05 bits per heavy atom. The fraction of sp³-hybridized carbons (Fsp3) is 0.154. The summed E-state index contributed by atoms with van der Waals surface area (Å²) >= 11 is 0. The molecule has 0 bridgehead atoms. The lowest BCUT2D eigenvalue weighted by molar-refractivity contribution is -0.136. The van der Waals surface area contributed by atoms with Gasteiger partial charge in [0.2, 0.25) is 0 Å². The summed E-state index contributed by atoms with van der Waals surface area (Å²) in [6.07, 6.45) is 1.97. The van der Waals surface area contributed by atoms with Gasteiger partial charge < -0.3 is 10.1 Å². The van der Waals surface area contributed by atoms with Crippen molar-refractivity contribution in [3.8, 4) is 0 Å². The first-order valence-corrected chi connectivity index (χ1v) is 7.73. The van der Waals surface area contributed by atoms with Crippen molar-refractivity contribution >= 4 is 27.5 Å². The minimum absolute atomic E-state index is 0.102. The second-order valence-electron chi connectivity index (χ2n) is 4.42. The van der Waals surface area contributed by atoms with Crippen molar-refractivity contribution in [1.82, 2.24) is 9.97 Å². The van der Waals surface area contributed by atoms with Gasteiger partial charge in [0.1, 0.15) is 0 Å². The van der Waals surface area contributed by atoms with Crippen LogP contribution >= 0.6 is 0 Å². The maximum atomic E-state index is 12.0. The molecule has 0 saturated heterocycles. The molecule has 2 aromatic rings. The SMILES string of the molecule is O=C(O)CCC(=O)c1cccc(NS(=O)(=O)c2cnc[nH]2)c1. The minimum atomic E-state index is -3.81. The highest BCUT2D eigenvalue weighted by molar-refractivity contribution is 7.92. The normalized spacial score (nSPS) is 11.1. The number of carbonyl (C=O) groups excluding carboxylic acids is 1. The number of hydrogen-bond acceptors (Lipinski definition) is 5. The van der Waals surface area contributed by atoms with Crippen LogP contribution in [0.4, 0.5) is 5.69 Å². The van der Waals surface area contributed by atoms with Gasteiger partial charge in [0.25, 0.3) is 10.0 Å². The van der Waals surface area contributed by atoms with E-state index >= 15 is 0 Å². The molecule has 0 atom stereocenters. The van der Waals surface area contributed by atoms with Gasteiger partial charge in [-0.1, -0.05) is 12.1 Å². The number of ketones is 1.